The summed E-state index contributed by atoms with van der Waals surface area (Å²) in [5.41, 5.74) is 11.3. The van der Waals surface area contributed by atoms with Crippen LogP contribution in [0.5, 0.6) is 0 Å². The number of aromatic nitrogens is 1. The summed E-state index contributed by atoms with van der Waals surface area (Å²) in [6, 6.07) is 16.3. The molecule has 172 valence electrons. The van der Waals surface area contributed by atoms with Crippen molar-refractivity contribution in [3.8, 4) is 5.69 Å². The smallest absolute Gasteiger partial charge is 0.271 e. The standard InChI is InChI=1S/C27H32N4O2/c1-19-5-10-26(20(2)15-19)31-21(3)16-25(22(31)4)17-28-29-27(32)24-8-6-23(7-9-24)18-30-11-13-33-14-12-30/h5-10,15-17H,11-14,18H2,1-4H3,(H,29,32)/b28-17+. The van der Waals surface area contributed by atoms with Crippen LogP contribution < -0.4 is 5.43 Å². The number of nitrogens with zero attached hydrogens (tertiary/aromatic N) is 3. The first kappa shape index (κ1) is 23.0. The van der Waals surface area contributed by atoms with E-state index < -0.39 is 0 Å². The van der Waals surface area contributed by atoms with Gasteiger partial charge in [-0.3, -0.25) is 9.69 Å². The van der Waals surface area contributed by atoms with Crippen molar-refractivity contribution in [2.45, 2.75) is 34.2 Å². The molecule has 0 radical (unpaired) electrons. The summed E-state index contributed by atoms with van der Waals surface area (Å²) in [6.07, 6.45) is 1.72. The van der Waals surface area contributed by atoms with Crippen LogP contribution in [0.4, 0.5) is 0 Å². The summed E-state index contributed by atoms with van der Waals surface area (Å²) in [5, 5.41) is 4.22. The zero-order chi connectivity index (χ0) is 23.4. The highest BCUT2D eigenvalue weighted by molar-refractivity contribution is 5.95. The van der Waals surface area contributed by atoms with Crippen LogP contribution in [-0.4, -0.2) is 47.9 Å². The molecule has 1 saturated heterocycles. The molecule has 6 nitrogen and oxygen atoms in total. The number of ether oxygens (including phenoxy) is 1. The minimum absolute atomic E-state index is 0.215. The van der Waals surface area contributed by atoms with Crippen molar-refractivity contribution < 1.29 is 9.53 Å². The number of aryl methyl sites for hydroxylation is 3. The normalized spacial score (nSPS) is 14.7. The first-order chi connectivity index (χ1) is 15.9. The van der Waals surface area contributed by atoms with Crippen LogP contribution in [0.3, 0.4) is 0 Å². The first-order valence-corrected chi connectivity index (χ1v) is 11.4. The Kier molecular flexibility index (Phi) is 7.06. The molecule has 1 aliphatic heterocycles. The Morgan fingerprint density at radius 3 is 2.45 bits per heavy atom. The molecule has 1 fully saturated rings. The molecule has 1 N–H and O–H groups in total. The van der Waals surface area contributed by atoms with E-state index in [-0.39, 0.29) is 5.91 Å². The van der Waals surface area contributed by atoms with Crippen LogP contribution in [0.25, 0.3) is 5.69 Å². The minimum atomic E-state index is -0.215. The summed E-state index contributed by atoms with van der Waals surface area (Å²) in [6.45, 7) is 12.7. The monoisotopic (exact) mass is 444 g/mol. The van der Waals surface area contributed by atoms with E-state index in [9.17, 15) is 4.79 Å². The maximum absolute atomic E-state index is 12.5. The van der Waals surface area contributed by atoms with Gasteiger partial charge < -0.3 is 9.30 Å². The summed E-state index contributed by atoms with van der Waals surface area (Å²) >= 11 is 0. The van der Waals surface area contributed by atoms with Gasteiger partial charge in [-0.25, -0.2) is 5.43 Å². The van der Waals surface area contributed by atoms with E-state index in [4.69, 9.17) is 4.74 Å². The summed E-state index contributed by atoms with van der Waals surface area (Å²) < 4.78 is 7.62. The number of morpholine rings is 1. The van der Waals surface area contributed by atoms with Crippen molar-refractivity contribution in [1.29, 1.82) is 0 Å². The van der Waals surface area contributed by atoms with Gasteiger partial charge in [0.25, 0.3) is 5.91 Å². The van der Waals surface area contributed by atoms with Crippen LogP contribution in [0.15, 0.2) is 53.6 Å². The van der Waals surface area contributed by atoms with Crippen LogP contribution in [0, 0.1) is 27.7 Å². The van der Waals surface area contributed by atoms with Crippen LogP contribution >= 0.6 is 0 Å². The number of carbonyl (C=O) groups is 1. The van der Waals surface area contributed by atoms with Crippen molar-refractivity contribution in [3.63, 3.8) is 0 Å². The second kappa shape index (κ2) is 10.1. The second-order valence-corrected chi connectivity index (χ2v) is 8.74. The molecule has 0 aliphatic carbocycles. The molecule has 1 amide bonds. The van der Waals surface area contributed by atoms with E-state index in [0.29, 0.717) is 5.56 Å². The average Bonchev–Trinajstić information content (AvgIpc) is 3.08. The average molecular weight is 445 g/mol. The highest BCUT2D eigenvalue weighted by Crippen LogP contribution is 2.23. The number of rotatable bonds is 6. The van der Waals surface area contributed by atoms with E-state index in [0.717, 1.165) is 55.5 Å². The summed E-state index contributed by atoms with van der Waals surface area (Å²) in [5.74, 6) is -0.215. The van der Waals surface area contributed by atoms with Gasteiger partial charge in [-0.2, -0.15) is 5.10 Å². The highest BCUT2D eigenvalue weighted by atomic mass is 16.5. The molecule has 6 heteroatoms. The van der Waals surface area contributed by atoms with Crippen LogP contribution in [-0.2, 0) is 11.3 Å². The topological polar surface area (TPSA) is 58.9 Å². The predicted molar refractivity (Wildman–Crippen MR) is 132 cm³/mol. The third kappa shape index (κ3) is 5.41. The summed E-state index contributed by atoms with van der Waals surface area (Å²) in [4.78, 5) is 14.9. The zero-order valence-corrected chi connectivity index (χ0v) is 19.9. The maximum Gasteiger partial charge on any atom is 0.271 e. The number of benzene rings is 2. The molecule has 0 saturated carbocycles. The number of carbonyl (C=O) groups excluding carboxylic acids is 1. The molecule has 2 aromatic carbocycles. The van der Waals surface area contributed by atoms with Crippen LogP contribution in [0.1, 0.15) is 44.0 Å². The lowest BCUT2D eigenvalue weighted by atomic mass is 10.1. The van der Waals surface area contributed by atoms with Gasteiger partial charge >= 0.3 is 0 Å². The maximum atomic E-state index is 12.5. The van der Waals surface area contributed by atoms with Crippen LogP contribution in [0.2, 0.25) is 0 Å². The van der Waals surface area contributed by atoms with E-state index in [2.05, 4.69) is 72.0 Å². The Morgan fingerprint density at radius 2 is 1.76 bits per heavy atom. The minimum Gasteiger partial charge on any atom is -0.379 e. The van der Waals surface area contributed by atoms with Crippen molar-refractivity contribution in [2.75, 3.05) is 26.3 Å². The number of hydrazone groups is 1. The zero-order valence-electron chi connectivity index (χ0n) is 19.9. The number of hydrogen-bond donors (Lipinski definition) is 1. The first-order valence-electron chi connectivity index (χ1n) is 11.4. The van der Waals surface area contributed by atoms with Crippen molar-refractivity contribution in [2.24, 2.45) is 5.10 Å². The Labute approximate surface area is 195 Å². The molecule has 0 bridgehead atoms. The molecule has 1 aromatic heterocycles. The van der Waals surface area contributed by atoms with Gasteiger partial charge in [0.05, 0.1) is 19.4 Å². The largest absolute Gasteiger partial charge is 0.379 e. The number of nitrogens with one attached hydrogen (secondary N) is 1. The number of hydrogen-bond acceptors (Lipinski definition) is 4. The third-order valence-corrected chi connectivity index (χ3v) is 6.16. The van der Waals surface area contributed by atoms with Gasteiger partial charge in [-0.05, 0) is 63.1 Å². The molecule has 1 aliphatic rings. The fraction of sp³-hybridized carbons (Fsp3) is 0.333. The molecule has 3 aromatic rings. The lowest BCUT2D eigenvalue weighted by molar-refractivity contribution is 0.0342. The van der Waals surface area contributed by atoms with Crippen molar-refractivity contribution >= 4 is 12.1 Å². The molecule has 33 heavy (non-hydrogen) atoms. The Balaban J connectivity index is 1.40. The Morgan fingerprint density at radius 1 is 1.03 bits per heavy atom. The predicted octanol–water partition coefficient (Wildman–Crippen LogP) is 4.31. The Hall–Kier alpha value is -3.22. The molecule has 0 spiro atoms. The third-order valence-electron chi connectivity index (χ3n) is 6.16. The fourth-order valence-corrected chi connectivity index (χ4v) is 4.35. The lowest BCUT2D eigenvalue weighted by Crippen LogP contribution is -2.35. The van der Waals surface area contributed by atoms with E-state index in [1.54, 1.807) is 6.21 Å². The quantitative estimate of drug-likeness (QED) is 0.455. The SMILES string of the molecule is Cc1ccc(-n2c(C)cc(/C=N/NC(=O)c3ccc(CN4CCOCC4)cc3)c2C)c(C)c1. The Bertz CT molecular complexity index is 1160. The molecule has 2 heterocycles. The van der Waals surface area contributed by atoms with Gasteiger partial charge in [0.15, 0.2) is 0 Å². The van der Waals surface area contributed by atoms with Gasteiger partial charge in [0.2, 0.25) is 0 Å². The molecular weight excluding hydrogens is 412 g/mol. The van der Waals surface area contributed by atoms with Crippen molar-refractivity contribution in [3.05, 3.63) is 87.7 Å². The molecule has 4 rings (SSSR count). The molecule has 0 unspecified atom stereocenters. The highest BCUT2D eigenvalue weighted by Gasteiger charge is 2.13. The lowest BCUT2D eigenvalue weighted by Gasteiger charge is -2.26. The number of amides is 1. The molecule has 0 atom stereocenters. The fourth-order valence-electron chi connectivity index (χ4n) is 4.35. The van der Waals surface area contributed by atoms with E-state index >= 15 is 0 Å². The van der Waals surface area contributed by atoms with Gasteiger partial charge in [0.1, 0.15) is 0 Å². The van der Waals surface area contributed by atoms with Gasteiger partial charge in [-0.1, -0.05) is 29.8 Å². The van der Waals surface area contributed by atoms with E-state index in [1.807, 2.05) is 24.3 Å². The van der Waals surface area contributed by atoms with Crippen molar-refractivity contribution in [1.82, 2.24) is 14.9 Å². The second-order valence-electron chi connectivity index (χ2n) is 8.74. The summed E-state index contributed by atoms with van der Waals surface area (Å²) in [7, 11) is 0. The van der Waals surface area contributed by atoms with Gasteiger partial charge in [0, 0.05) is 47.8 Å². The molecular formula is C27H32N4O2. The van der Waals surface area contributed by atoms with E-state index in [1.165, 1.54) is 16.7 Å². The van der Waals surface area contributed by atoms with Gasteiger partial charge in [-0.15, -0.1) is 0 Å².